The van der Waals surface area contributed by atoms with E-state index in [0.29, 0.717) is 6.42 Å². The van der Waals surface area contributed by atoms with Gasteiger partial charge in [-0.15, -0.1) is 0 Å². The number of amides is 1. The van der Waals surface area contributed by atoms with Gasteiger partial charge in [0.1, 0.15) is 5.82 Å². The van der Waals surface area contributed by atoms with Crippen molar-refractivity contribution in [3.63, 3.8) is 0 Å². The van der Waals surface area contributed by atoms with Crippen LogP contribution in [0.4, 0.5) is 4.39 Å². The number of nitrogens with zero attached hydrogens (tertiary/aromatic N) is 1. The SMILES string of the molecule is CCC(C)N(C)C(=O)c1cc(S(=O)(=O)Cl)c(Br)cc1F. The van der Waals surface area contributed by atoms with Crippen molar-refractivity contribution < 1.29 is 17.6 Å². The van der Waals surface area contributed by atoms with Crippen molar-refractivity contribution in [2.45, 2.75) is 31.2 Å². The third-order valence-corrected chi connectivity index (χ3v) is 5.37. The summed E-state index contributed by atoms with van der Waals surface area (Å²) in [6.07, 6.45) is 0.695. The summed E-state index contributed by atoms with van der Waals surface area (Å²) >= 11 is 2.92. The first kappa shape index (κ1) is 17.4. The Hall–Kier alpha value is -0.660. The fourth-order valence-electron chi connectivity index (χ4n) is 1.54. The van der Waals surface area contributed by atoms with Crippen LogP contribution in [0.2, 0.25) is 0 Å². The third-order valence-electron chi connectivity index (χ3n) is 3.09. The Balaban J connectivity index is 3.36. The molecule has 0 aliphatic heterocycles. The highest BCUT2D eigenvalue weighted by atomic mass is 79.9. The van der Waals surface area contributed by atoms with Gasteiger partial charge in [0.15, 0.2) is 0 Å². The van der Waals surface area contributed by atoms with Crippen LogP contribution in [0.5, 0.6) is 0 Å². The molecule has 0 aliphatic rings. The van der Waals surface area contributed by atoms with Gasteiger partial charge in [-0.25, -0.2) is 12.8 Å². The lowest BCUT2D eigenvalue weighted by Crippen LogP contribution is -2.35. The van der Waals surface area contributed by atoms with Crippen LogP contribution in [0.25, 0.3) is 0 Å². The summed E-state index contributed by atoms with van der Waals surface area (Å²) in [5, 5.41) is 0. The molecule has 1 atom stereocenters. The van der Waals surface area contributed by atoms with Crippen molar-refractivity contribution in [2.24, 2.45) is 0 Å². The number of benzene rings is 1. The zero-order valence-electron chi connectivity index (χ0n) is 11.2. The first-order chi connectivity index (χ1) is 9.09. The monoisotopic (exact) mass is 385 g/mol. The second-order valence-electron chi connectivity index (χ2n) is 4.37. The van der Waals surface area contributed by atoms with Crippen molar-refractivity contribution in [2.75, 3.05) is 7.05 Å². The van der Waals surface area contributed by atoms with Crippen LogP contribution in [0.1, 0.15) is 30.6 Å². The molecule has 1 aromatic carbocycles. The van der Waals surface area contributed by atoms with Crippen LogP contribution >= 0.6 is 26.6 Å². The van der Waals surface area contributed by atoms with Crippen LogP contribution in [0.3, 0.4) is 0 Å². The summed E-state index contributed by atoms with van der Waals surface area (Å²) in [6, 6.07) is 1.78. The summed E-state index contributed by atoms with van der Waals surface area (Å²) in [6.45, 7) is 3.70. The Morgan fingerprint density at radius 2 is 2.05 bits per heavy atom. The molecule has 0 aliphatic carbocycles. The Morgan fingerprint density at radius 1 is 1.50 bits per heavy atom. The van der Waals surface area contributed by atoms with E-state index >= 15 is 0 Å². The summed E-state index contributed by atoms with van der Waals surface area (Å²) in [7, 11) is 2.72. The number of hydrogen-bond donors (Lipinski definition) is 0. The second-order valence-corrected chi connectivity index (χ2v) is 7.76. The lowest BCUT2D eigenvalue weighted by atomic mass is 10.1. The summed E-state index contributed by atoms with van der Waals surface area (Å²) < 4.78 is 36.6. The van der Waals surface area contributed by atoms with Crippen molar-refractivity contribution in [1.29, 1.82) is 0 Å². The zero-order chi connectivity index (χ0) is 15.7. The van der Waals surface area contributed by atoms with E-state index < -0.39 is 20.8 Å². The highest BCUT2D eigenvalue weighted by Crippen LogP contribution is 2.28. The number of hydrogen-bond acceptors (Lipinski definition) is 3. The molecule has 0 saturated carbocycles. The Bertz CT molecular complexity index is 636. The maximum atomic E-state index is 13.9. The van der Waals surface area contributed by atoms with E-state index in [0.717, 1.165) is 12.1 Å². The van der Waals surface area contributed by atoms with E-state index in [1.165, 1.54) is 11.9 Å². The third kappa shape index (κ3) is 3.71. The molecule has 8 heteroatoms. The van der Waals surface area contributed by atoms with Crippen LogP contribution in [0, 0.1) is 5.82 Å². The van der Waals surface area contributed by atoms with E-state index in [-0.39, 0.29) is 21.0 Å². The first-order valence-corrected chi connectivity index (χ1v) is 8.90. The Morgan fingerprint density at radius 3 is 2.50 bits per heavy atom. The molecule has 1 aromatic rings. The minimum atomic E-state index is -4.07. The molecule has 1 unspecified atom stereocenters. The number of carbonyl (C=O) groups excluding carboxylic acids is 1. The minimum absolute atomic E-state index is 0.0206. The maximum absolute atomic E-state index is 13.9. The van der Waals surface area contributed by atoms with Gasteiger partial charge in [0, 0.05) is 28.2 Å². The normalized spacial score (nSPS) is 13.1. The Labute approximate surface area is 130 Å². The standard InChI is InChI=1S/C12H14BrClFNO3S/c1-4-7(2)16(3)12(17)8-5-11(20(14,18)19)9(13)6-10(8)15/h5-7H,4H2,1-3H3. The predicted octanol–water partition coefficient (Wildman–Crippen LogP) is 3.39. The van der Waals surface area contributed by atoms with Crippen LogP contribution < -0.4 is 0 Å². The first-order valence-electron chi connectivity index (χ1n) is 5.80. The average Bonchev–Trinajstić information content (AvgIpc) is 2.34. The highest BCUT2D eigenvalue weighted by molar-refractivity contribution is 9.10. The largest absolute Gasteiger partial charge is 0.339 e. The molecule has 0 radical (unpaired) electrons. The average molecular weight is 387 g/mol. The van der Waals surface area contributed by atoms with Crippen molar-refractivity contribution >= 4 is 41.6 Å². The molecule has 0 fully saturated rings. The van der Waals surface area contributed by atoms with Crippen LogP contribution in [-0.2, 0) is 9.05 Å². The Kier molecular flexibility index (Phi) is 5.57. The van der Waals surface area contributed by atoms with E-state index in [2.05, 4.69) is 15.9 Å². The molecular formula is C12H14BrClFNO3S. The summed E-state index contributed by atoms with van der Waals surface area (Å²) in [4.78, 5) is 13.2. The van der Waals surface area contributed by atoms with Crippen LogP contribution in [-0.4, -0.2) is 32.3 Å². The van der Waals surface area contributed by atoms with Gasteiger partial charge in [0.2, 0.25) is 0 Å². The van der Waals surface area contributed by atoms with Gasteiger partial charge in [-0.05, 0) is 41.4 Å². The summed E-state index contributed by atoms with van der Waals surface area (Å²) in [5.74, 6) is -1.40. The molecule has 1 rings (SSSR count). The quantitative estimate of drug-likeness (QED) is 0.745. The number of carbonyl (C=O) groups is 1. The predicted molar refractivity (Wildman–Crippen MR) is 79.0 cm³/mol. The van der Waals surface area contributed by atoms with Crippen molar-refractivity contribution in [3.8, 4) is 0 Å². The lowest BCUT2D eigenvalue weighted by Gasteiger charge is -2.24. The second kappa shape index (κ2) is 6.41. The fraction of sp³-hybridized carbons (Fsp3) is 0.417. The van der Waals surface area contributed by atoms with E-state index in [4.69, 9.17) is 10.7 Å². The molecule has 20 heavy (non-hydrogen) atoms. The topological polar surface area (TPSA) is 54.5 Å². The minimum Gasteiger partial charge on any atom is -0.339 e. The van der Waals surface area contributed by atoms with E-state index in [1.807, 2.05) is 13.8 Å². The number of halogens is 3. The van der Waals surface area contributed by atoms with Gasteiger partial charge in [0.25, 0.3) is 15.0 Å². The van der Waals surface area contributed by atoms with Crippen molar-refractivity contribution in [3.05, 3.63) is 28.0 Å². The fourth-order valence-corrected chi connectivity index (χ4v) is 3.71. The van der Waals surface area contributed by atoms with Gasteiger partial charge in [-0.2, -0.15) is 0 Å². The molecule has 4 nitrogen and oxygen atoms in total. The summed E-state index contributed by atoms with van der Waals surface area (Å²) in [5.41, 5.74) is -0.324. The lowest BCUT2D eigenvalue weighted by molar-refractivity contribution is 0.0735. The molecule has 1 amide bonds. The maximum Gasteiger partial charge on any atom is 0.262 e. The smallest absolute Gasteiger partial charge is 0.262 e. The van der Waals surface area contributed by atoms with Crippen LogP contribution in [0.15, 0.2) is 21.5 Å². The van der Waals surface area contributed by atoms with Gasteiger partial charge in [0.05, 0.1) is 10.5 Å². The van der Waals surface area contributed by atoms with Gasteiger partial charge in [-0.1, -0.05) is 6.92 Å². The molecule has 0 N–H and O–H groups in total. The van der Waals surface area contributed by atoms with Gasteiger partial charge in [-0.3, -0.25) is 4.79 Å². The van der Waals surface area contributed by atoms with Gasteiger partial charge >= 0.3 is 0 Å². The molecule has 0 aromatic heterocycles. The molecule has 112 valence electrons. The van der Waals surface area contributed by atoms with Gasteiger partial charge < -0.3 is 4.90 Å². The molecule has 0 spiro atoms. The van der Waals surface area contributed by atoms with E-state index in [9.17, 15) is 17.6 Å². The molecule has 0 heterocycles. The molecular weight excluding hydrogens is 373 g/mol. The number of rotatable bonds is 4. The van der Waals surface area contributed by atoms with Crippen molar-refractivity contribution in [1.82, 2.24) is 4.90 Å². The van der Waals surface area contributed by atoms with E-state index in [1.54, 1.807) is 0 Å². The highest BCUT2D eigenvalue weighted by Gasteiger charge is 2.24. The molecule has 0 saturated heterocycles. The zero-order valence-corrected chi connectivity index (χ0v) is 14.3. The molecule has 0 bridgehead atoms.